The summed E-state index contributed by atoms with van der Waals surface area (Å²) >= 11 is 0. The topological polar surface area (TPSA) is 58.6 Å². The van der Waals surface area contributed by atoms with Crippen molar-refractivity contribution in [3.05, 3.63) is 29.3 Å². The van der Waals surface area contributed by atoms with Gasteiger partial charge < -0.3 is 15.2 Å². The fourth-order valence-electron chi connectivity index (χ4n) is 1.45. The van der Waals surface area contributed by atoms with Crippen LogP contribution in [0.2, 0.25) is 0 Å². The van der Waals surface area contributed by atoms with Crippen LogP contribution in [0.1, 0.15) is 25.0 Å². The molecule has 0 radical (unpaired) electrons. The summed E-state index contributed by atoms with van der Waals surface area (Å²) < 4.78 is 5.50. The number of hydrogen-bond donors (Lipinski definition) is 2. The molecule has 4 heteroatoms. The van der Waals surface area contributed by atoms with Gasteiger partial charge in [0.1, 0.15) is 5.75 Å². The molecule has 106 valence electrons. The van der Waals surface area contributed by atoms with Crippen LogP contribution in [-0.4, -0.2) is 30.8 Å². The van der Waals surface area contributed by atoms with Gasteiger partial charge in [0.2, 0.25) is 0 Å². The minimum absolute atomic E-state index is 0.00813. The standard InChI is InChI=1S/C15H23NO3/c1-11-5-6-12(2)13(7-11)19-8-14(18)16-9-15(3,4)10-17/h5-7,17H,8-10H2,1-4H3,(H,16,18). The van der Waals surface area contributed by atoms with E-state index in [-0.39, 0.29) is 24.5 Å². The van der Waals surface area contributed by atoms with Gasteiger partial charge in [0.05, 0.1) is 0 Å². The quantitative estimate of drug-likeness (QED) is 0.825. The molecule has 0 saturated heterocycles. The Morgan fingerprint density at radius 2 is 2.05 bits per heavy atom. The van der Waals surface area contributed by atoms with E-state index >= 15 is 0 Å². The zero-order valence-electron chi connectivity index (χ0n) is 12.1. The molecule has 1 aromatic carbocycles. The first-order valence-electron chi connectivity index (χ1n) is 6.42. The highest BCUT2D eigenvalue weighted by Gasteiger charge is 2.17. The van der Waals surface area contributed by atoms with Crippen molar-refractivity contribution in [3.8, 4) is 5.75 Å². The van der Waals surface area contributed by atoms with Gasteiger partial charge in [-0.15, -0.1) is 0 Å². The van der Waals surface area contributed by atoms with Crippen molar-refractivity contribution >= 4 is 5.91 Å². The van der Waals surface area contributed by atoms with Crippen LogP contribution in [0, 0.1) is 19.3 Å². The Morgan fingerprint density at radius 3 is 2.68 bits per heavy atom. The summed E-state index contributed by atoms with van der Waals surface area (Å²) in [7, 11) is 0. The molecule has 0 atom stereocenters. The van der Waals surface area contributed by atoms with Crippen molar-refractivity contribution in [2.45, 2.75) is 27.7 Å². The zero-order chi connectivity index (χ0) is 14.5. The maximum atomic E-state index is 11.7. The highest BCUT2D eigenvalue weighted by Crippen LogP contribution is 2.18. The normalized spacial score (nSPS) is 11.2. The van der Waals surface area contributed by atoms with Crippen LogP contribution in [-0.2, 0) is 4.79 Å². The molecule has 0 aliphatic carbocycles. The van der Waals surface area contributed by atoms with Crippen molar-refractivity contribution < 1.29 is 14.6 Å². The smallest absolute Gasteiger partial charge is 0.257 e. The Morgan fingerprint density at radius 1 is 1.37 bits per heavy atom. The summed E-state index contributed by atoms with van der Waals surface area (Å²) in [4.78, 5) is 11.7. The van der Waals surface area contributed by atoms with Gasteiger partial charge in [0.15, 0.2) is 6.61 Å². The van der Waals surface area contributed by atoms with Crippen molar-refractivity contribution in [1.29, 1.82) is 0 Å². The number of ether oxygens (including phenoxy) is 1. The molecule has 0 aliphatic rings. The Hall–Kier alpha value is -1.55. The van der Waals surface area contributed by atoms with Crippen LogP contribution in [0.5, 0.6) is 5.75 Å². The van der Waals surface area contributed by atoms with Crippen LogP contribution in [0.15, 0.2) is 18.2 Å². The van der Waals surface area contributed by atoms with E-state index in [4.69, 9.17) is 9.84 Å². The summed E-state index contributed by atoms with van der Waals surface area (Å²) in [5, 5.41) is 11.9. The lowest BCUT2D eigenvalue weighted by Gasteiger charge is -2.21. The van der Waals surface area contributed by atoms with E-state index in [9.17, 15) is 4.79 Å². The number of amides is 1. The first-order chi connectivity index (χ1) is 8.84. The maximum Gasteiger partial charge on any atom is 0.257 e. The minimum Gasteiger partial charge on any atom is -0.483 e. The second-order valence-electron chi connectivity index (χ2n) is 5.66. The zero-order valence-corrected chi connectivity index (χ0v) is 12.1. The number of nitrogens with one attached hydrogen (secondary N) is 1. The largest absolute Gasteiger partial charge is 0.483 e. The third-order valence-corrected chi connectivity index (χ3v) is 2.89. The number of carbonyl (C=O) groups is 1. The molecule has 4 nitrogen and oxygen atoms in total. The lowest BCUT2D eigenvalue weighted by Crippen LogP contribution is -2.38. The summed E-state index contributed by atoms with van der Waals surface area (Å²) in [6.07, 6.45) is 0. The molecule has 0 spiro atoms. The highest BCUT2D eigenvalue weighted by molar-refractivity contribution is 5.77. The first-order valence-corrected chi connectivity index (χ1v) is 6.42. The predicted octanol–water partition coefficient (Wildman–Crippen LogP) is 1.82. The van der Waals surface area contributed by atoms with Crippen molar-refractivity contribution in [3.63, 3.8) is 0 Å². The molecule has 1 aromatic rings. The fourth-order valence-corrected chi connectivity index (χ4v) is 1.45. The van der Waals surface area contributed by atoms with Gasteiger partial charge in [-0.2, -0.15) is 0 Å². The summed E-state index contributed by atoms with van der Waals surface area (Å²) in [5.74, 6) is 0.555. The van der Waals surface area contributed by atoms with Gasteiger partial charge >= 0.3 is 0 Å². The summed E-state index contributed by atoms with van der Waals surface area (Å²) in [6, 6.07) is 5.89. The van der Waals surface area contributed by atoms with E-state index in [1.54, 1.807) is 0 Å². The lowest BCUT2D eigenvalue weighted by molar-refractivity contribution is -0.123. The van der Waals surface area contributed by atoms with Crippen molar-refractivity contribution in [2.75, 3.05) is 19.8 Å². The molecule has 0 saturated carbocycles. The number of aliphatic hydroxyl groups excluding tert-OH is 1. The van der Waals surface area contributed by atoms with Gasteiger partial charge in [-0.1, -0.05) is 26.0 Å². The SMILES string of the molecule is Cc1ccc(C)c(OCC(=O)NCC(C)(C)CO)c1. The Bertz CT molecular complexity index is 441. The van der Waals surface area contributed by atoms with E-state index in [1.165, 1.54) is 0 Å². The molecular formula is C15H23NO3. The van der Waals surface area contributed by atoms with Gasteiger partial charge in [-0.05, 0) is 31.0 Å². The molecule has 0 aliphatic heterocycles. The average Bonchev–Trinajstić information content (AvgIpc) is 2.37. The van der Waals surface area contributed by atoms with Crippen LogP contribution >= 0.6 is 0 Å². The molecule has 0 bridgehead atoms. The molecule has 0 heterocycles. The van der Waals surface area contributed by atoms with Gasteiger partial charge in [0.25, 0.3) is 5.91 Å². The molecule has 0 unspecified atom stereocenters. The molecule has 0 fully saturated rings. The number of rotatable bonds is 6. The summed E-state index contributed by atoms with van der Waals surface area (Å²) in [6.45, 7) is 8.16. The minimum atomic E-state index is -0.311. The monoisotopic (exact) mass is 265 g/mol. The number of aliphatic hydroxyl groups is 1. The molecule has 2 N–H and O–H groups in total. The number of hydrogen-bond acceptors (Lipinski definition) is 3. The maximum absolute atomic E-state index is 11.7. The second-order valence-corrected chi connectivity index (χ2v) is 5.66. The van der Waals surface area contributed by atoms with E-state index in [2.05, 4.69) is 5.32 Å². The molecule has 19 heavy (non-hydrogen) atoms. The van der Waals surface area contributed by atoms with Crippen LogP contribution in [0.3, 0.4) is 0 Å². The Balaban J connectivity index is 2.44. The Labute approximate surface area is 114 Å². The fraction of sp³-hybridized carbons (Fsp3) is 0.533. The van der Waals surface area contributed by atoms with E-state index < -0.39 is 0 Å². The lowest BCUT2D eigenvalue weighted by atomic mass is 9.95. The average molecular weight is 265 g/mol. The molecular weight excluding hydrogens is 242 g/mol. The van der Waals surface area contributed by atoms with Gasteiger partial charge in [0, 0.05) is 18.6 Å². The predicted molar refractivity (Wildman–Crippen MR) is 75.3 cm³/mol. The highest BCUT2D eigenvalue weighted by atomic mass is 16.5. The first kappa shape index (κ1) is 15.5. The van der Waals surface area contributed by atoms with E-state index in [0.29, 0.717) is 6.54 Å². The molecule has 1 amide bonds. The molecule has 0 aromatic heterocycles. The van der Waals surface area contributed by atoms with Crippen LogP contribution in [0.25, 0.3) is 0 Å². The van der Waals surface area contributed by atoms with Gasteiger partial charge in [-0.25, -0.2) is 0 Å². The summed E-state index contributed by atoms with van der Waals surface area (Å²) in [5.41, 5.74) is 1.80. The number of benzene rings is 1. The third-order valence-electron chi connectivity index (χ3n) is 2.89. The third kappa shape index (κ3) is 5.30. The van der Waals surface area contributed by atoms with Crippen LogP contribution < -0.4 is 10.1 Å². The van der Waals surface area contributed by atoms with E-state index in [1.807, 2.05) is 45.9 Å². The van der Waals surface area contributed by atoms with Crippen molar-refractivity contribution in [2.24, 2.45) is 5.41 Å². The second kappa shape index (κ2) is 6.57. The van der Waals surface area contributed by atoms with Gasteiger partial charge in [-0.3, -0.25) is 4.79 Å². The van der Waals surface area contributed by atoms with Crippen molar-refractivity contribution in [1.82, 2.24) is 5.32 Å². The van der Waals surface area contributed by atoms with Crippen LogP contribution in [0.4, 0.5) is 0 Å². The number of carbonyl (C=O) groups excluding carboxylic acids is 1. The number of aryl methyl sites for hydroxylation is 2. The Kier molecular flexibility index (Phi) is 5.36. The molecule has 1 rings (SSSR count). The van der Waals surface area contributed by atoms with E-state index in [0.717, 1.165) is 16.9 Å².